The number of esters is 1. The molecular weight excluding hydrogens is 200 g/mol. The van der Waals surface area contributed by atoms with Gasteiger partial charge in [-0.05, 0) is 5.56 Å². The summed E-state index contributed by atoms with van der Waals surface area (Å²) < 4.78 is 5.51. The van der Waals surface area contributed by atoms with E-state index in [4.69, 9.17) is 4.74 Å². The molecular formula is C14H20O2. The molecule has 0 aromatic heterocycles. The summed E-state index contributed by atoms with van der Waals surface area (Å²) in [7, 11) is 0. The maximum atomic E-state index is 11.4. The Labute approximate surface area is 97.6 Å². The van der Waals surface area contributed by atoms with Crippen LogP contribution >= 0.6 is 0 Å². The number of hydrogen-bond donors (Lipinski definition) is 0. The molecule has 1 aromatic rings. The second-order valence-corrected chi connectivity index (χ2v) is 5.00. The summed E-state index contributed by atoms with van der Waals surface area (Å²) in [6.45, 7) is 8.04. The minimum atomic E-state index is -0.179. The Morgan fingerprint density at radius 1 is 1.25 bits per heavy atom. The molecule has 0 amide bonds. The number of benzene rings is 1. The number of carbonyl (C=O) groups excluding carboxylic acids is 1. The van der Waals surface area contributed by atoms with E-state index in [0.29, 0.717) is 6.42 Å². The molecule has 0 bridgehead atoms. The largest absolute Gasteiger partial charge is 0.457 e. The molecule has 88 valence electrons. The van der Waals surface area contributed by atoms with Crippen LogP contribution in [0.15, 0.2) is 30.3 Å². The first-order chi connectivity index (χ1) is 7.45. The van der Waals surface area contributed by atoms with Gasteiger partial charge in [0.05, 0.1) is 0 Å². The second kappa shape index (κ2) is 5.15. The van der Waals surface area contributed by atoms with Crippen molar-refractivity contribution in [2.24, 2.45) is 5.41 Å². The van der Waals surface area contributed by atoms with Crippen molar-refractivity contribution in [3.8, 4) is 0 Å². The van der Waals surface area contributed by atoms with Crippen LogP contribution in [0, 0.1) is 5.41 Å². The summed E-state index contributed by atoms with van der Waals surface area (Å²) in [4.78, 5) is 11.4. The van der Waals surface area contributed by atoms with E-state index < -0.39 is 0 Å². The van der Waals surface area contributed by atoms with Gasteiger partial charge in [0, 0.05) is 11.8 Å². The molecule has 0 saturated heterocycles. The van der Waals surface area contributed by atoms with E-state index in [9.17, 15) is 4.79 Å². The Kier molecular flexibility index (Phi) is 4.11. The predicted molar refractivity (Wildman–Crippen MR) is 65.0 cm³/mol. The topological polar surface area (TPSA) is 26.3 Å². The van der Waals surface area contributed by atoms with Crippen LogP contribution in [-0.2, 0) is 9.53 Å². The van der Waals surface area contributed by atoms with Crippen LogP contribution in [0.5, 0.6) is 0 Å². The molecule has 0 aliphatic heterocycles. The van der Waals surface area contributed by atoms with E-state index in [1.54, 1.807) is 0 Å². The monoisotopic (exact) mass is 220 g/mol. The molecule has 2 heteroatoms. The number of hydrogen-bond acceptors (Lipinski definition) is 2. The van der Waals surface area contributed by atoms with Crippen molar-refractivity contribution in [1.29, 1.82) is 0 Å². The lowest BCUT2D eigenvalue weighted by Gasteiger charge is -2.30. The minimum Gasteiger partial charge on any atom is -0.457 e. The maximum Gasteiger partial charge on any atom is 0.306 e. The van der Waals surface area contributed by atoms with Gasteiger partial charge in [0.25, 0.3) is 0 Å². The standard InChI is InChI=1S/C14H20O2/c1-5-12(15)16-13(14(2,3)4)11-9-7-6-8-10-11/h6-10,13H,5H2,1-4H3/t13-/m0/s1. The van der Waals surface area contributed by atoms with Gasteiger partial charge in [-0.3, -0.25) is 4.79 Å². The van der Waals surface area contributed by atoms with Crippen LogP contribution in [0.3, 0.4) is 0 Å². The Morgan fingerprint density at radius 3 is 2.25 bits per heavy atom. The Morgan fingerprint density at radius 2 is 1.81 bits per heavy atom. The lowest BCUT2D eigenvalue weighted by molar-refractivity contribution is -0.155. The summed E-state index contributed by atoms with van der Waals surface area (Å²) in [6, 6.07) is 9.89. The molecule has 0 spiro atoms. The zero-order valence-electron chi connectivity index (χ0n) is 10.5. The number of ether oxygens (including phenoxy) is 1. The smallest absolute Gasteiger partial charge is 0.306 e. The van der Waals surface area contributed by atoms with Gasteiger partial charge in [-0.15, -0.1) is 0 Å². The van der Waals surface area contributed by atoms with Crippen LogP contribution in [0.1, 0.15) is 45.8 Å². The third-order valence-corrected chi connectivity index (χ3v) is 2.43. The molecule has 1 atom stereocenters. The van der Waals surface area contributed by atoms with Crippen LogP contribution in [0.2, 0.25) is 0 Å². The fourth-order valence-corrected chi connectivity index (χ4v) is 1.59. The molecule has 2 nitrogen and oxygen atoms in total. The van der Waals surface area contributed by atoms with Gasteiger partial charge in [-0.25, -0.2) is 0 Å². The summed E-state index contributed by atoms with van der Waals surface area (Å²) >= 11 is 0. The molecule has 0 radical (unpaired) electrons. The van der Waals surface area contributed by atoms with Crippen molar-refractivity contribution in [3.05, 3.63) is 35.9 Å². The Bertz CT molecular complexity index is 336. The first-order valence-corrected chi connectivity index (χ1v) is 5.69. The minimum absolute atomic E-state index is 0.0911. The molecule has 0 aliphatic rings. The molecule has 16 heavy (non-hydrogen) atoms. The summed E-state index contributed by atoms with van der Waals surface area (Å²) in [5.41, 5.74) is 0.962. The van der Waals surface area contributed by atoms with Crippen molar-refractivity contribution in [1.82, 2.24) is 0 Å². The van der Waals surface area contributed by atoms with E-state index in [0.717, 1.165) is 5.56 Å². The third-order valence-electron chi connectivity index (χ3n) is 2.43. The molecule has 0 N–H and O–H groups in total. The number of carbonyl (C=O) groups is 1. The van der Waals surface area contributed by atoms with E-state index in [1.807, 2.05) is 37.3 Å². The zero-order chi connectivity index (χ0) is 12.2. The number of rotatable bonds is 3. The fraction of sp³-hybridized carbons (Fsp3) is 0.500. The summed E-state index contributed by atoms with van der Waals surface area (Å²) in [5.74, 6) is -0.149. The van der Waals surface area contributed by atoms with Crippen LogP contribution in [0.25, 0.3) is 0 Å². The predicted octanol–water partition coefficient (Wildman–Crippen LogP) is 3.73. The van der Waals surface area contributed by atoms with E-state index in [-0.39, 0.29) is 17.5 Å². The van der Waals surface area contributed by atoms with E-state index in [1.165, 1.54) is 0 Å². The van der Waals surface area contributed by atoms with Crippen LogP contribution < -0.4 is 0 Å². The van der Waals surface area contributed by atoms with Gasteiger partial charge >= 0.3 is 5.97 Å². The van der Waals surface area contributed by atoms with Crippen molar-refractivity contribution >= 4 is 5.97 Å². The quantitative estimate of drug-likeness (QED) is 0.725. The van der Waals surface area contributed by atoms with Gasteiger partial charge in [0.1, 0.15) is 6.10 Å². The maximum absolute atomic E-state index is 11.4. The lowest BCUT2D eigenvalue weighted by atomic mass is 9.84. The van der Waals surface area contributed by atoms with Gasteiger partial charge in [-0.2, -0.15) is 0 Å². The average molecular weight is 220 g/mol. The van der Waals surface area contributed by atoms with E-state index in [2.05, 4.69) is 20.8 Å². The molecule has 0 unspecified atom stereocenters. The Hall–Kier alpha value is -1.31. The SMILES string of the molecule is CCC(=O)O[C@@H](c1ccccc1)C(C)(C)C. The molecule has 1 aromatic carbocycles. The summed E-state index contributed by atoms with van der Waals surface area (Å²) in [6.07, 6.45) is 0.237. The molecule has 1 rings (SSSR count). The lowest BCUT2D eigenvalue weighted by Crippen LogP contribution is -2.23. The van der Waals surface area contributed by atoms with Gasteiger partial charge in [0.2, 0.25) is 0 Å². The van der Waals surface area contributed by atoms with E-state index >= 15 is 0 Å². The first-order valence-electron chi connectivity index (χ1n) is 5.69. The van der Waals surface area contributed by atoms with Crippen molar-refractivity contribution < 1.29 is 9.53 Å². The normalized spacial score (nSPS) is 13.2. The highest BCUT2D eigenvalue weighted by atomic mass is 16.5. The zero-order valence-corrected chi connectivity index (χ0v) is 10.5. The average Bonchev–Trinajstić information content (AvgIpc) is 2.25. The molecule has 0 fully saturated rings. The first kappa shape index (κ1) is 12.8. The van der Waals surface area contributed by atoms with Crippen molar-refractivity contribution in [2.45, 2.75) is 40.2 Å². The molecule has 0 heterocycles. The fourth-order valence-electron chi connectivity index (χ4n) is 1.59. The van der Waals surface area contributed by atoms with Crippen molar-refractivity contribution in [2.75, 3.05) is 0 Å². The van der Waals surface area contributed by atoms with Gasteiger partial charge in [-0.1, -0.05) is 58.0 Å². The molecule has 0 saturated carbocycles. The highest BCUT2D eigenvalue weighted by Gasteiger charge is 2.29. The highest BCUT2D eigenvalue weighted by molar-refractivity contribution is 5.69. The summed E-state index contributed by atoms with van der Waals surface area (Å²) in [5, 5.41) is 0. The van der Waals surface area contributed by atoms with Crippen LogP contribution in [-0.4, -0.2) is 5.97 Å². The van der Waals surface area contributed by atoms with Crippen molar-refractivity contribution in [3.63, 3.8) is 0 Å². The Balaban J connectivity index is 2.93. The third kappa shape index (κ3) is 3.37. The molecule has 0 aliphatic carbocycles. The van der Waals surface area contributed by atoms with Gasteiger partial charge < -0.3 is 4.74 Å². The van der Waals surface area contributed by atoms with Crippen LogP contribution in [0.4, 0.5) is 0 Å². The second-order valence-electron chi connectivity index (χ2n) is 5.00. The highest BCUT2D eigenvalue weighted by Crippen LogP contribution is 2.36. The van der Waals surface area contributed by atoms with Gasteiger partial charge in [0.15, 0.2) is 0 Å².